The molecule has 0 bridgehead atoms. The summed E-state index contributed by atoms with van der Waals surface area (Å²) in [6, 6.07) is 2.10. The number of H-pyrrole nitrogens is 1. The Balaban J connectivity index is 2.75. The molecular formula is C7H6ClN3O. The number of aromatic amines is 1. The highest BCUT2D eigenvalue weighted by molar-refractivity contribution is 6.33. The van der Waals surface area contributed by atoms with Gasteiger partial charge in [0, 0.05) is 6.20 Å². The molecule has 2 aromatic rings. The summed E-state index contributed by atoms with van der Waals surface area (Å²) >= 11 is 5.82. The zero-order valence-corrected chi connectivity index (χ0v) is 7.09. The Labute approximate surface area is 73.5 Å². The Kier molecular flexibility index (Phi) is 1.62. The summed E-state index contributed by atoms with van der Waals surface area (Å²) < 4.78 is 4.85. The molecule has 0 saturated carbocycles. The van der Waals surface area contributed by atoms with Gasteiger partial charge in [0.2, 0.25) is 0 Å². The normalized spacial score (nSPS) is 10.5. The lowest BCUT2D eigenvalue weighted by Gasteiger charge is -1.97. The fraction of sp³-hybridized carbons (Fsp3) is 0.143. The van der Waals surface area contributed by atoms with Crippen LogP contribution in [0.2, 0.25) is 5.15 Å². The maximum Gasteiger partial charge on any atom is 0.318 e. The minimum Gasteiger partial charge on any atom is -0.467 e. The third kappa shape index (κ3) is 1.00. The minimum atomic E-state index is 0.284. The van der Waals surface area contributed by atoms with Gasteiger partial charge in [-0.2, -0.15) is 9.97 Å². The van der Waals surface area contributed by atoms with Crippen LogP contribution in [0.1, 0.15) is 0 Å². The third-order valence-corrected chi connectivity index (χ3v) is 1.80. The fourth-order valence-electron chi connectivity index (χ4n) is 0.979. The van der Waals surface area contributed by atoms with E-state index in [9.17, 15) is 0 Å². The van der Waals surface area contributed by atoms with Crippen LogP contribution in [0.3, 0.4) is 0 Å². The van der Waals surface area contributed by atoms with Crippen LogP contribution in [0.15, 0.2) is 12.3 Å². The summed E-state index contributed by atoms with van der Waals surface area (Å²) in [4.78, 5) is 10.9. The van der Waals surface area contributed by atoms with Crippen molar-refractivity contribution in [2.24, 2.45) is 0 Å². The highest BCUT2D eigenvalue weighted by Crippen LogP contribution is 2.20. The zero-order chi connectivity index (χ0) is 8.55. The largest absolute Gasteiger partial charge is 0.467 e. The van der Waals surface area contributed by atoms with Crippen LogP contribution in [0.5, 0.6) is 6.01 Å². The predicted molar refractivity (Wildman–Crippen MR) is 45.5 cm³/mol. The van der Waals surface area contributed by atoms with Crippen molar-refractivity contribution in [3.63, 3.8) is 0 Å². The number of nitrogens with zero attached hydrogens (tertiary/aromatic N) is 2. The summed E-state index contributed by atoms with van der Waals surface area (Å²) in [7, 11) is 1.50. The Hall–Kier alpha value is -1.29. The van der Waals surface area contributed by atoms with Crippen molar-refractivity contribution >= 4 is 22.6 Å². The lowest BCUT2D eigenvalue weighted by Crippen LogP contribution is -1.91. The van der Waals surface area contributed by atoms with E-state index in [1.54, 1.807) is 6.20 Å². The number of aromatic nitrogens is 3. The first kappa shape index (κ1) is 7.36. The average molecular weight is 184 g/mol. The van der Waals surface area contributed by atoms with E-state index in [-0.39, 0.29) is 6.01 Å². The minimum absolute atomic E-state index is 0.284. The number of halogens is 1. The smallest absolute Gasteiger partial charge is 0.318 e. The Morgan fingerprint density at radius 2 is 2.33 bits per heavy atom. The van der Waals surface area contributed by atoms with Crippen molar-refractivity contribution in [3.05, 3.63) is 17.4 Å². The van der Waals surface area contributed by atoms with Gasteiger partial charge in [-0.1, -0.05) is 11.6 Å². The highest BCUT2D eigenvalue weighted by atomic mass is 35.5. The molecule has 0 fully saturated rings. The monoisotopic (exact) mass is 183 g/mol. The van der Waals surface area contributed by atoms with Crippen molar-refractivity contribution in [2.75, 3.05) is 7.11 Å². The third-order valence-electron chi connectivity index (χ3n) is 1.52. The Bertz CT molecular complexity index is 412. The standard InChI is InChI=1S/C7H6ClN3O/c1-12-7-10-4-2-3-9-5(4)6(8)11-7/h2-3,9H,1H3. The van der Waals surface area contributed by atoms with Gasteiger partial charge >= 0.3 is 6.01 Å². The molecular weight excluding hydrogens is 178 g/mol. The van der Waals surface area contributed by atoms with Crippen molar-refractivity contribution < 1.29 is 4.74 Å². The van der Waals surface area contributed by atoms with Gasteiger partial charge in [-0.3, -0.25) is 0 Å². The molecule has 0 saturated heterocycles. The fourth-order valence-corrected chi connectivity index (χ4v) is 1.20. The van der Waals surface area contributed by atoms with E-state index in [0.29, 0.717) is 5.15 Å². The molecule has 2 rings (SSSR count). The van der Waals surface area contributed by atoms with Crippen LogP contribution in [0, 0.1) is 0 Å². The van der Waals surface area contributed by atoms with Crippen molar-refractivity contribution in [3.8, 4) is 6.01 Å². The topological polar surface area (TPSA) is 50.8 Å². The van der Waals surface area contributed by atoms with Crippen molar-refractivity contribution in [1.29, 1.82) is 0 Å². The summed E-state index contributed by atoms with van der Waals surface area (Å²) in [6.07, 6.45) is 1.75. The van der Waals surface area contributed by atoms with E-state index >= 15 is 0 Å². The number of ether oxygens (including phenoxy) is 1. The lowest BCUT2D eigenvalue weighted by molar-refractivity contribution is 0.382. The second-order valence-electron chi connectivity index (χ2n) is 2.24. The summed E-state index contributed by atoms with van der Waals surface area (Å²) in [5.41, 5.74) is 1.49. The van der Waals surface area contributed by atoms with Gasteiger partial charge in [-0.25, -0.2) is 0 Å². The first-order valence-electron chi connectivity index (χ1n) is 3.36. The van der Waals surface area contributed by atoms with E-state index in [0.717, 1.165) is 11.0 Å². The molecule has 0 amide bonds. The zero-order valence-electron chi connectivity index (χ0n) is 6.34. The molecule has 1 N–H and O–H groups in total. The molecule has 4 nitrogen and oxygen atoms in total. The maximum absolute atomic E-state index is 5.82. The quantitative estimate of drug-likeness (QED) is 0.684. The first-order valence-corrected chi connectivity index (χ1v) is 3.73. The molecule has 0 aliphatic heterocycles. The molecule has 2 aromatic heterocycles. The molecule has 2 heterocycles. The van der Waals surface area contributed by atoms with E-state index in [1.807, 2.05) is 6.07 Å². The second kappa shape index (κ2) is 2.64. The first-order chi connectivity index (χ1) is 5.81. The number of rotatable bonds is 1. The van der Waals surface area contributed by atoms with Gasteiger partial charge in [0.25, 0.3) is 0 Å². The number of hydrogen-bond acceptors (Lipinski definition) is 3. The van der Waals surface area contributed by atoms with E-state index < -0.39 is 0 Å². The van der Waals surface area contributed by atoms with Gasteiger partial charge in [0.1, 0.15) is 5.52 Å². The van der Waals surface area contributed by atoms with Crippen LogP contribution in [0.25, 0.3) is 11.0 Å². The molecule has 0 unspecified atom stereocenters. The van der Waals surface area contributed by atoms with Crippen molar-refractivity contribution in [2.45, 2.75) is 0 Å². The van der Waals surface area contributed by atoms with Crippen LogP contribution < -0.4 is 4.74 Å². The molecule has 0 aliphatic carbocycles. The molecule has 0 atom stereocenters. The molecule has 12 heavy (non-hydrogen) atoms. The second-order valence-corrected chi connectivity index (χ2v) is 2.60. The summed E-state index contributed by atoms with van der Waals surface area (Å²) in [6.45, 7) is 0. The van der Waals surface area contributed by atoms with E-state index in [2.05, 4.69) is 15.0 Å². The average Bonchev–Trinajstić information content (AvgIpc) is 2.52. The molecule has 0 spiro atoms. The van der Waals surface area contributed by atoms with Gasteiger partial charge < -0.3 is 9.72 Å². The van der Waals surface area contributed by atoms with Gasteiger partial charge in [0.05, 0.1) is 12.6 Å². The number of hydrogen-bond donors (Lipinski definition) is 1. The van der Waals surface area contributed by atoms with Crippen LogP contribution in [0.4, 0.5) is 0 Å². The molecule has 0 aromatic carbocycles. The Morgan fingerprint density at radius 3 is 3.08 bits per heavy atom. The van der Waals surface area contributed by atoms with Crippen LogP contribution in [-0.4, -0.2) is 22.1 Å². The molecule has 0 aliphatic rings. The molecule has 0 radical (unpaired) electrons. The SMILES string of the molecule is COc1nc(Cl)c2[nH]ccc2n1. The number of fused-ring (bicyclic) bond motifs is 1. The van der Waals surface area contributed by atoms with Crippen LogP contribution >= 0.6 is 11.6 Å². The summed E-state index contributed by atoms with van der Waals surface area (Å²) in [5.74, 6) is 0. The van der Waals surface area contributed by atoms with Gasteiger partial charge in [0.15, 0.2) is 5.15 Å². The lowest BCUT2D eigenvalue weighted by atomic mass is 10.5. The van der Waals surface area contributed by atoms with Gasteiger partial charge in [-0.05, 0) is 6.07 Å². The maximum atomic E-state index is 5.82. The van der Waals surface area contributed by atoms with Gasteiger partial charge in [-0.15, -0.1) is 0 Å². The predicted octanol–water partition coefficient (Wildman–Crippen LogP) is 1.62. The molecule has 62 valence electrons. The van der Waals surface area contributed by atoms with Crippen molar-refractivity contribution in [1.82, 2.24) is 15.0 Å². The number of methoxy groups -OCH3 is 1. The van der Waals surface area contributed by atoms with E-state index in [4.69, 9.17) is 16.3 Å². The Morgan fingerprint density at radius 1 is 1.50 bits per heavy atom. The highest BCUT2D eigenvalue weighted by Gasteiger charge is 2.05. The van der Waals surface area contributed by atoms with Crippen LogP contribution in [-0.2, 0) is 0 Å². The summed E-state index contributed by atoms with van der Waals surface area (Å²) in [5, 5.41) is 0.377. The van der Waals surface area contributed by atoms with E-state index in [1.165, 1.54) is 7.11 Å². The molecule has 5 heteroatoms. The number of nitrogens with one attached hydrogen (secondary N) is 1.